The molecule has 2 aromatic heterocycles. The Labute approximate surface area is 327 Å². The van der Waals surface area contributed by atoms with Crippen LogP contribution in [0.5, 0.6) is 0 Å². The number of benzene rings is 8. The van der Waals surface area contributed by atoms with E-state index in [2.05, 4.69) is 221 Å². The molecule has 0 aliphatic carbocycles. The molecular formula is C53H37N3. The second-order valence-electron chi connectivity index (χ2n) is 14.0. The van der Waals surface area contributed by atoms with Gasteiger partial charge in [0.25, 0.3) is 0 Å². The molecule has 0 bridgehead atoms. The molecule has 0 saturated heterocycles. The third kappa shape index (κ3) is 6.12. The molecule has 3 nitrogen and oxygen atoms in total. The van der Waals surface area contributed by atoms with Crippen LogP contribution in [0.25, 0.3) is 77.6 Å². The minimum Gasteiger partial charge on any atom is -0.256 e. The van der Waals surface area contributed by atoms with Gasteiger partial charge in [0.05, 0.1) is 28.1 Å². The first kappa shape index (κ1) is 33.1. The van der Waals surface area contributed by atoms with E-state index in [1.807, 2.05) is 18.3 Å². The summed E-state index contributed by atoms with van der Waals surface area (Å²) in [5.41, 5.74) is 15.7. The van der Waals surface area contributed by atoms with E-state index in [4.69, 9.17) is 0 Å². The van der Waals surface area contributed by atoms with Gasteiger partial charge in [-0.2, -0.15) is 0 Å². The van der Waals surface area contributed by atoms with Crippen molar-refractivity contribution < 1.29 is 0 Å². The van der Waals surface area contributed by atoms with Crippen molar-refractivity contribution in [3.05, 3.63) is 225 Å². The Balaban J connectivity index is 1.29. The van der Waals surface area contributed by atoms with Gasteiger partial charge in [0.2, 0.25) is 0 Å². The highest BCUT2D eigenvalue weighted by Gasteiger charge is 2.24. The van der Waals surface area contributed by atoms with Gasteiger partial charge in [-0.3, -0.25) is 4.98 Å². The molecule has 0 unspecified atom stereocenters. The fraction of sp³-hybridized carbons (Fsp3) is 0. The second kappa shape index (κ2) is 14.4. The number of hydrogen-bond donors (Lipinski definition) is 0. The van der Waals surface area contributed by atoms with Crippen molar-refractivity contribution in [2.75, 3.05) is 5.01 Å². The zero-order chi connectivity index (χ0) is 37.3. The van der Waals surface area contributed by atoms with Crippen molar-refractivity contribution in [2.45, 2.75) is 0 Å². The molecule has 264 valence electrons. The summed E-state index contributed by atoms with van der Waals surface area (Å²) in [6.45, 7) is 0. The highest BCUT2D eigenvalue weighted by Crippen LogP contribution is 2.44. The molecule has 8 aromatic carbocycles. The molecule has 56 heavy (non-hydrogen) atoms. The van der Waals surface area contributed by atoms with Gasteiger partial charge in [0.1, 0.15) is 0 Å². The minimum atomic E-state index is 0.946. The molecule has 0 fully saturated rings. The summed E-state index contributed by atoms with van der Waals surface area (Å²) in [4.78, 5) is 4.65. The van der Waals surface area contributed by atoms with E-state index < -0.39 is 0 Å². The van der Waals surface area contributed by atoms with Gasteiger partial charge in [-0.15, -0.1) is 0 Å². The van der Waals surface area contributed by atoms with E-state index in [1.165, 1.54) is 38.6 Å². The number of hydrogen-bond acceptors (Lipinski definition) is 2. The number of nitrogens with zero attached hydrogens (tertiary/aromatic N) is 3. The van der Waals surface area contributed by atoms with Crippen molar-refractivity contribution in [2.24, 2.45) is 0 Å². The number of anilines is 2. The summed E-state index contributed by atoms with van der Waals surface area (Å²) >= 11 is 0. The predicted octanol–water partition coefficient (Wildman–Crippen LogP) is 14.1. The lowest BCUT2D eigenvalue weighted by molar-refractivity contribution is 0.887. The van der Waals surface area contributed by atoms with E-state index >= 15 is 0 Å². The molecule has 2 heterocycles. The van der Waals surface area contributed by atoms with Gasteiger partial charge in [-0.1, -0.05) is 164 Å². The summed E-state index contributed by atoms with van der Waals surface area (Å²) in [5, 5.41) is 4.76. The first-order chi connectivity index (χ1) is 27.8. The first-order valence-corrected chi connectivity index (χ1v) is 19.0. The van der Waals surface area contributed by atoms with Crippen LogP contribution in [0, 0.1) is 0 Å². The van der Waals surface area contributed by atoms with Crippen LogP contribution in [-0.2, 0) is 0 Å². The highest BCUT2D eigenvalue weighted by atomic mass is 15.6. The quantitative estimate of drug-likeness (QED) is 0.156. The summed E-state index contributed by atoms with van der Waals surface area (Å²) in [5.74, 6) is 0. The lowest BCUT2D eigenvalue weighted by Gasteiger charge is -2.29. The molecule has 0 amide bonds. The fourth-order valence-corrected chi connectivity index (χ4v) is 7.89. The number of rotatable bonds is 8. The lowest BCUT2D eigenvalue weighted by Crippen LogP contribution is -2.24. The zero-order valence-electron chi connectivity index (χ0n) is 30.7. The predicted molar refractivity (Wildman–Crippen MR) is 235 cm³/mol. The van der Waals surface area contributed by atoms with Crippen LogP contribution in [0.3, 0.4) is 0 Å². The lowest BCUT2D eigenvalue weighted by atomic mass is 9.95. The molecule has 0 radical (unpaired) electrons. The molecule has 0 atom stereocenters. The van der Waals surface area contributed by atoms with E-state index in [0.29, 0.717) is 0 Å². The number of aromatic nitrogens is 2. The van der Waals surface area contributed by atoms with E-state index in [-0.39, 0.29) is 0 Å². The molecule has 3 heteroatoms. The molecule has 0 N–H and O–H groups in total. The van der Waals surface area contributed by atoms with Crippen LogP contribution in [0.1, 0.15) is 0 Å². The maximum absolute atomic E-state index is 4.65. The topological polar surface area (TPSA) is 21.1 Å². The summed E-state index contributed by atoms with van der Waals surface area (Å²) in [6.07, 6.45) is 1.85. The summed E-state index contributed by atoms with van der Waals surface area (Å²) in [6, 6.07) is 78.2. The molecule has 0 saturated carbocycles. The normalized spacial score (nSPS) is 11.2. The Hall–Kier alpha value is -7.49. The third-order valence-electron chi connectivity index (χ3n) is 10.6. The molecule has 0 aliphatic rings. The van der Waals surface area contributed by atoms with Gasteiger partial charge in [-0.25, -0.2) is 9.69 Å². The van der Waals surface area contributed by atoms with Crippen LogP contribution >= 0.6 is 0 Å². The molecule has 10 rings (SSSR count). The van der Waals surface area contributed by atoms with Gasteiger partial charge < -0.3 is 0 Å². The maximum Gasteiger partial charge on any atom is 0.0795 e. The Morgan fingerprint density at radius 1 is 0.339 bits per heavy atom. The monoisotopic (exact) mass is 715 g/mol. The average molecular weight is 716 g/mol. The van der Waals surface area contributed by atoms with Crippen molar-refractivity contribution >= 4 is 33.2 Å². The van der Waals surface area contributed by atoms with Crippen LogP contribution in [0.2, 0.25) is 0 Å². The summed E-state index contributed by atoms with van der Waals surface area (Å²) in [7, 11) is 0. The Morgan fingerprint density at radius 2 is 0.821 bits per heavy atom. The van der Waals surface area contributed by atoms with E-state index in [0.717, 1.165) is 50.4 Å². The Morgan fingerprint density at radius 3 is 1.39 bits per heavy atom. The Kier molecular flexibility index (Phi) is 8.51. The van der Waals surface area contributed by atoms with E-state index in [9.17, 15) is 0 Å². The summed E-state index contributed by atoms with van der Waals surface area (Å²) < 4.78 is 2.45. The Bertz CT molecular complexity index is 2820. The minimum absolute atomic E-state index is 0.946. The van der Waals surface area contributed by atoms with Crippen LogP contribution < -0.4 is 5.01 Å². The van der Waals surface area contributed by atoms with Gasteiger partial charge >= 0.3 is 0 Å². The smallest absolute Gasteiger partial charge is 0.0795 e. The molecular weight excluding hydrogens is 679 g/mol. The fourth-order valence-electron chi connectivity index (χ4n) is 7.89. The van der Waals surface area contributed by atoms with Gasteiger partial charge in [-0.05, 0) is 93.5 Å². The first-order valence-electron chi connectivity index (χ1n) is 19.0. The maximum atomic E-state index is 4.65. The number of pyridine rings is 1. The molecule has 0 spiro atoms. The SMILES string of the molecule is c1ccc(-c2ccc(N(c3ccc(-c4ccccn4)cc3)n3c4cc(-c5ccccc5)ccc4c4cc(-c5ccccc5)cc(-c5ccccc5)c43)cc2)cc1. The molecule has 10 aromatic rings. The average Bonchev–Trinajstić information content (AvgIpc) is 3.61. The van der Waals surface area contributed by atoms with Crippen molar-refractivity contribution in [1.82, 2.24) is 9.66 Å². The zero-order valence-corrected chi connectivity index (χ0v) is 30.7. The van der Waals surface area contributed by atoms with Crippen molar-refractivity contribution in [3.63, 3.8) is 0 Å². The standard InChI is InChI=1S/C53H37N3/c1-5-15-38(16-6-1)41-24-29-46(30-25-41)55(47-31-26-43(27-32-47)51-23-13-14-34-54-51)56-52-37-44(39-17-7-2-8-18-39)28-33-48(52)50-36-45(40-19-9-3-10-20-40)35-49(53(50)56)42-21-11-4-12-22-42/h1-37H. The van der Waals surface area contributed by atoms with Crippen molar-refractivity contribution in [3.8, 4) is 55.8 Å². The van der Waals surface area contributed by atoms with Crippen LogP contribution in [-0.4, -0.2) is 9.66 Å². The van der Waals surface area contributed by atoms with Crippen LogP contribution in [0.4, 0.5) is 11.4 Å². The van der Waals surface area contributed by atoms with Gasteiger partial charge in [0.15, 0.2) is 0 Å². The van der Waals surface area contributed by atoms with Crippen molar-refractivity contribution in [1.29, 1.82) is 0 Å². The van der Waals surface area contributed by atoms with E-state index in [1.54, 1.807) is 0 Å². The van der Waals surface area contributed by atoms with Crippen LogP contribution in [0.15, 0.2) is 225 Å². The number of fused-ring (bicyclic) bond motifs is 3. The highest BCUT2D eigenvalue weighted by molar-refractivity contribution is 6.15. The third-order valence-corrected chi connectivity index (χ3v) is 10.6. The molecule has 0 aliphatic heterocycles. The van der Waals surface area contributed by atoms with Gasteiger partial charge in [0, 0.05) is 28.1 Å². The second-order valence-corrected chi connectivity index (χ2v) is 14.0. The largest absolute Gasteiger partial charge is 0.256 e.